The van der Waals surface area contributed by atoms with E-state index in [1.54, 1.807) is 0 Å². The van der Waals surface area contributed by atoms with E-state index in [0.717, 1.165) is 51.9 Å². The Morgan fingerprint density at radius 3 is 2.00 bits per heavy atom. The van der Waals surface area contributed by atoms with Crippen LogP contribution in [-0.2, 0) is 9.59 Å². The maximum atomic E-state index is 12.9. The minimum Gasteiger partial charge on any atom is -0.342 e. The predicted molar refractivity (Wildman–Crippen MR) is 99.9 cm³/mol. The molecule has 0 radical (unpaired) electrons. The van der Waals surface area contributed by atoms with Gasteiger partial charge in [-0.05, 0) is 57.3 Å². The van der Waals surface area contributed by atoms with E-state index in [9.17, 15) is 9.59 Å². The van der Waals surface area contributed by atoms with Gasteiger partial charge < -0.3 is 9.80 Å². The molecule has 4 nitrogen and oxygen atoms in total. The van der Waals surface area contributed by atoms with Gasteiger partial charge in [0.1, 0.15) is 0 Å². The molecule has 0 aromatic rings. The molecule has 0 aromatic carbocycles. The molecule has 0 bridgehead atoms. The van der Waals surface area contributed by atoms with E-state index in [1.165, 1.54) is 12.0 Å². The molecular formula is C21H34N2O2. The van der Waals surface area contributed by atoms with Gasteiger partial charge in [-0.1, -0.05) is 25.5 Å². The molecule has 140 valence electrons. The smallest absolute Gasteiger partial charge is 0.226 e. The number of piperidine rings is 2. The minimum absolute atomic E-state index is 0.0782. The highest BCUT2D eigenvalue weighted by atomic mass is 16.2. The van der Waals surface area contributed by atoms with Crippen molar-refractivity contribution >= 4 is 11.8 Å². The van der Waals surface area contributed by atoms with E-state index in [1.807, 2.05) is 4.90 Å². The molecule has 1 aliphatic carbocycles. The molecule has 0 aromatic heterocycles. The first-order chi connectivity index (χ1) is 11.8. The summed E-state index contributed by atoms with van der Waals surface area (Å²) in [5.74, 6) is 1.26. The Balaban J connectivity index is 1.53. The molecule has 2 unspecified atom stereocenters. The molecule has 4 heteroatoms. The molecule has 2 saturated heterocycles. The maximum absolute atomic E-state index is 12.9. The van der Waals surface area contributed by atoms with Gasteiger partial charge in [0.15, 0.2) is 0 Å². The molecule has 2 atom stereocenters. The fourth-order valence-corrected chi connectivity index (χ4v) is 4.74. The molecule has 2 heterocycles. The predicted octanol–water partition coefficient (Wildman–Crippen LogP) is 3.48. The molecule has 3 aliphatic rings. The summed E-state index contributed by atoms with van der Waals surface area (Å²) >= 11 is 0. The van der Waals surface area contributed by atoms with E-state index in [-0.39, 0.29) is 17.3 Å². The third-order valence-electron chi connectivity index (χ3n) is 6.51. The Labute approximate surface area is 152 Å². The summed E-state index contributed by atoms with van der Waals surface area (Å²) in [6, 6.07) is 0. The van der Waals surface area contributed by atoms with Crippen LogP contribution in [-0.4, -0.2) is 47.8 Å². The fourth-order valence-electron chi connectivity index (χ4n) is 4.74. The first kappa shape index (κ1) is 18.5. The van der Waals surface area contributed by atoms with Gasteiger partial charge in [-0.15, -0.1) is 0 Å². The van der Waals surface area contributed by atoms with Crippen LogP contribution in [0.25, 0.3) is 0 Å². The second kappa shape index (κ2) is 7.13. The summed E-state index contributed by atoms with van der Waals surface area (Å²) in [5, 5.41) is 0. The number of hydrogen-bond acceptors (Lipinski definition) is 2. The SMILES string of the molecule is CC(C)=CC1C(C(=O)N2CCC(C(=O)N3CCCCC3)CC2)C1(C)C. The van der Waals surface area contributed by atoms with Crippen molar-refractivity contribution in [3.05, 3.63) is 11.6 Å². The van der Waals surface area contributed by atoms with Crippen LogP contribution >= 0.6 is 0 Å². The molecule has 1 saturated carbocycles. The highest BCUT2D eigenvalue weighted by Crippen LogP contribution is 2.60. The van der Waals surface area contributed by atoms with Crippen molar-refractivity contribution in [2.45, 2.75) is 59.8 Å². The van der Waals surface area contributed by atoms with Crippen LogP contribution in [0.4, 0.5) is 0 Å². The molecule has 3 fully saturated rings. The van der Waals surface area contributed by atoms with Gasteiger partial charge >= 0.3 is 0 Å². The lowest BCUT2D eigenvalue weighted by atomic mass is 9.94. The van der Waals surface area contributed by atoms with Gasteiger partial charge in [0.05, 0.1) is 5.92 Å². The summed E-state index contributed by atoms with van der Waals surface area (Å²) in [6.07, 6.45) is 7.47. The maximum Gasteiger partial charge on any atom is 0.226 e. The lowest BCUT2D eigenvalue weighted by Gasteiger charge is -2.36. The summed E-state index contributed by atoms with van der Waals surface area (Å²) in [6.45, 7) is 12.0. The third kappa shape index (κ3) is 3.78. The van der Waals surface area contributed by atoms with Crippen molar-refractivity contribution in [3.63, 3.8) is 0 Å². The number of amides is 2. The summed E-state index contributed by atoms with van der Waals surface area (Å²) in [4.78, 5) is 29.7. The number of carbonyl (C=O) groups excluding carboxylic acids is 2. The lowest BCUT2D eigenvalue weighted by molar-refractivity contribution is -0.142. The highest BCUT2D eigenvalue weighted by Gasteiger charge is 2.61. The Hall–Kier alpha value is -1.32. The molecule has 3 rings (SSSR count). The number of nitrogens with zero attached hydrogens (tertiary/aromatic N) is 2. The number of carbonyl (C=O) groups is 2. The van der Waals surface area contributed by atoms with E-state index in [0.29, 0.717) is 17.7 Å². The van der Waals surface area contributed by atoms with Crippen LogP contribution in [0.15, 0.2) is 11.6 Å². The van der Waals surface area contributed by atoms with Gasteiger partial charge in [-0.2, -0.15) is 0 Å². The van der Waals surface area contributed by atoms with Crippen LogP contribution in [0.5, 0.6) is 0 Å². The summed E-state index contributed by atoms with van der Waals surface area (Å²) in [7, 11) is 0. The second-order valence-corrected chi connectivity index (χ2v) is 9.05. The number of hydrogen-bond donors (Lipinski definition) is 0. The molecule has 2 aliphatic heterocycles. The van der Waals surface area contributed by atoms with Gasteiger partial charge in [-0.25, -0.2) is 0 Å². The molecule has 2 amide bonds. The molecular weight excluding hydrogens is 312 g/mol. The normalized spacial score (nSPS) is 29.3. The van der Waals surface area contributed by atoms with E-state index >= 15 is 0 Å². The third-order valence-corrected chi connectivity index (χ3v) is 6.51. The van der Waals surface area contributed by atoms with Crippen molar-refractivity contribution in [3.8, 4) is 0 Å². The quantitative estimate of drug-likeness (QED) is 0.734. The van der Waals surface area contributed by atoms with Crippen molar-refractivity contribution in [2.75, 3.05) is 26.2 Å². The Kier molecular flexibility index (Phi) is 5.26. The number of allylic oxidation sites excluding steroid dienone is 2. The first-order valence-electron chi connectivity index (χ1n) is 10.0. The molecule has 0 N–H and O–H groups in total. The van der Waals surface area contributed by atoms with Crippen LogP contribution < -0.4 is 0 Å². The van der Waals surface area contributed by atoms with E-state index in [4.69, 9.17) is 0 Å². The van der Waals surface area contributed by atoms with Crippen molar-refractivity contribution in [2.24, 2.45) is 23.2 Å². The summed E-state index contributed by atoms with van der Waals surface area (Å²) in [5.41, 5.74) is 1.37. The zero-order chi connectivity index (χ0) is 18.2. The fraction of sp³-hybridized carbons (Fsp3) is 0.810. The minimum atomic E-state index is 0.0782. The van der Waals surface area contributed by atoms with Gasteiger partial charge in [0.25, 0.3) is 0 Å². The van der Waals surface area contributed by atoms with Gasteiger partial charge in [-0.3, -0.25) is 9.59 Å². The van der Waals surface area contributed by atoms with Gasteiger partial charge in [0.2, 0.25) is 11.8 Å². The highest BCUT2D eigenvalue weighted by molar-refractivity contribution is 5.84. The number of rotatable bonds is 3. The number of likely N-dealkylation sites (tertiary alicyclic amines) is 2. The Morgan fingerprint density at radius 1 is 0.880 bits per heavy atom. The van der Waals surface area contributed by atoms with E-state index < -0.39 is 0 Å². The largest absolute Gasteiger partial charge is 0.342 e. The van der Waals surface area contributed by atoms with Crippen molar-refractivity contribution in [1.29, 1.82) is 0 Å². The van der Waals surface area contributed by atoms with Crippen molar-refractivity contribution in [1.82, 2.24) is 9.80 Å². The zero-order valence-electron chi connectivity index (χ0n) is 16.4. The van der Waals surface area contributed by atoms with Crippen LogP contribution in [0, 0.1) is 23.2 Å². The first-order valence-corrected chi connectivity index (χ1v) is 10.0. The molecule has 25 heavy (non-hydrogen) atoms. The summed E-state index contributed by atoms with van der Waals surface area (Å²) < 4.78 is 0. The van der Waals surface area contributed by atoms with Crippen LogP contribution in [0.3, 0.4) is 0 Å². The topological polar surface area (TPSA) is 40.6 Å². The average Bonchev–Trinajstić information content (AvgIpc) is 3.14. The molecule has 0 spiro atoms. The van der Waals surface area contributed by atoms with Crippen molar-refractivity contribution < 1.29 is 9.59 Å². The zero-order valence-corrected chi connectivity index (χ0v) is 16.4. The lowest BCUT2D eigenvalue weighted by Crippen LogP contribution is -2.46. The Morgan fingerprint density at radius 2 is 1.44 bits per heavy atom. The Bertz CT molecular complexity index is 548. The van der Waals surface area contributed by atoms with E-state index in [2.05, 4.69) is 38.7 Å². The monoisotopic (exact) mass is 346 g/mol. The van der Waals surface area contributed by atoms with Gasteiger partial charge in [0, 0.05) is 32.1 Å². The van der Waals surface area contributed by atoms with Crippen LogP contribution in [0.2, 0.25) is 0 Å². The second-order valence-electron chi connectivity index (χ2n) is 9.05. The standard InChI is InChI=1S/C21H34N2O2/c1-15(2)14-17-18(21(17,3)4)20(25)23-12-8-16(9-13-23)19(24)22-10-6-5-7-11-22/h14,16-18H,5-13H2,1-4H3. The van der Waals surface area contributed by atoms with Crippen LogP contribution in [0.1, 0.15) is 59.8 Å². The average molecular weight is 347 g/mol.